The lowest BCUT2D eigenvalue weighted by atomic mass is 10.0. The van der Waals surface area contributed by atoms with Gasteiger partial charge < -0.3 is 4.74 Å². The second kappa shape index (κ2) is 8.19. The molecule has 0 saturated carbocycles. The topological polar surface area (TPSA) is 21.6 Å². The first kappa shape index (κ1) is 20.5. The summed E-state index contributed by atoms with van der Waals surface area (Å²) in [5.41, 5.74) is 3.54. The lowest BCUT2D eigenvalue weighted by molar-refractivity contribution is -0.137. The maximum Gasteiger partial charge on any atom is 0.416 e. The van der Waals surface area contributed by atoms with E-state index >= 15 is 0 Å². The summed E-state index contributed by atoms with van der Waals surface area (Å²) in [5.74, 6) is 0.824. The molecule has 0 saturated heterocycles. The van der Waals surface area contributed by atoms with Gasteiger partial charge in [-0.3, -0.25) is 4.99 Å². The molecule has 1 aliphatic rings. The van der Waals surface area contributed by atoms with Crippen molar-refractivity contribution in [2.45, 2.75) is 36.8 Å². The van der Waals surface area contributed by atoms with Crippen LogP contribution in [0.25, 0.3) is 0 Å². The number of ether oxygens (including phenoxy) is 1. The number of aryl methyl sites for hydroxylation is 2. The number of hydrogen-bond donors (Lipinski definition) is 0. The van der Waals surface area contributed by atoms with Gasteiger partial charge in [0.05, 0.1) is 21.9 Å². The Kier molecular flexibility index (Phi) is 5.60. The SMILES string of the molecule is Cc1ccc(N=C(CC2Oc3ccccc3S2)c2ccc(C(F)(F)F)cc2)cc1C. The van der Waals surface area contributed by atoms with Gasteiger partial charge in [-0.05, 0) is 66.9 Å². The van der Waals surface area contributed by atoms with E-state index in [0.717, 1.165) is 39.6 Å². The van der Waals surface area contributed by atoms with Crippen molar-refractivity contribution in [3.05, 3.63) is 89.0 Å². The van der Waals surface area contributed by atoms with Crippen molar-refractivity contribution in [2.24, 2.45) is 4.99 Å². The molecule has 4 rings (SSSR count). The van der Waals surface area contributed by atoms with E-state index in [1.807, 2.05) is 56.3 Å². The van der Waals surface area contributed by atoms with E-state index in [4.69, 9.17) is 9.73 Å². The Labute approximate surface area is 177 Å². The number of nitrogens with zero attached hydrogens (tertiary/aromatic N) is 1. The minimum Gasteiger partial charge on any atom is -0.478 e. The molecule has 154 valence electrons. The normalized spacial score (nSPS) is 16.3. The number of para-hydroxylation sites is 1. The number of thioether (sulfide) groups is 1. The third kappa shape index (κ3) is 4.54. The van der Waals surface area contributed by atoms with Gasteiger partial charge in [0.15, 0.2) is 5.44 Å². The predicted octanol–water partition coefficient (Wildman–Crippen LogP) is 7.34. The molecule has 0 fully saturated rings. The van der Waals surface area contributed by atoms with Crippen LogP contribution in [0, 0.1) is 13.8 Å². The maximum atomic E-state index is 13.0. The molecule has 0 amide bonds. The van der Waals surface area contributed by atoms with Gasteiger partial charge in [0.25, 0.3) is 0 Å². The summed E-state index contributed by atoms with van der Waals surface area (Å²) in [6.07, 6.45) is -3.90. The number of rotatable bonds is 4. The van der Waals surface area contributed by atoms with E-state index < -0.39 is 11.7 Å². The van der Waals surface area contributed by atoms with Crippen LogP contribution in [0.5, 0.6) is 5.75 Å². The number of fused-ring (bicyclic) bond motifs is 1. The molecule has 3 aromatic rings. The summed E-state index contributed by atoms with van der Waals surface area (Å²) < 4.78 is 44.9. The van der Waals surface area contributed by atoms with Crippen molar-refractivity contribution in [1.82, 2.24) is 0 Å². The van der Waals surface area contributed by atoms with E-state index in [2.05, 4.69) is 0 Å². The first-order valence-corrected chi connectivity index (χ1v) is 10.4. The second-order valence-corrected chi connectivity index (χ2v) is 8.42. The Bertz CT molecular complexity index is 1070. The van der Waals surface area contributed by atoms with Crippen LogP contribution in [-0.4, -0.2) is 11.1 Å². The van der Waals surface area contributed by atoms with Crippen molar-refractivity contribution in [1.29, 1.82) is 0 Å². The Morgan fingerprint density at radius 3 is 2.37 bits per heavy atom. The average Bonchev–Trinajstić information content (AvgIpc) is 3.12. The van der Waals surface area contributed by atoms with Crippen LogP contribution < -0.4 is 4.74 Å². The van der Waals surface area contributed by atoms with Crippen LogP contribution in [0.4, 0.5) is 18.9 Å². The summed E-state index contributed by atoms with van der Waals surface area (Å²) in [4.78, 5) is 5.85. The molecular weight excluding hydrogens is 407 g/mol. The average molecular weight is 427 g/mol. The van der Waals surface area contributed by atoms with Gasteiger partial charge in [0.1, 0.15) is 5.75 Å². The molecule has 1 atom stereocenters. The van der Waals surface area contributed by atoms with Crippen LogP contribution >= 0.6 is 11.8 Å². The fourth-order valence-corrected chi connectivity index (χ4v) is 4.29. The molecule has 3 aromatic carbocycles. The lowest BCUT2D eigenvalue weighted by Gasteiger charge is -2.14. The smallest absolute Gasteiger partial charge is 0.416 e. The molecule has 6 heteroatoms. The highest BCUT2D eigenvalue weighted by atomic mass is 32.2. The largest absolute Gasteiger partial charge is 0.478 e. The Hall–Kier alpha value is -2.73. The third-order valence-electron chi connectivity index (χ3n) is 5.03. The Morgan fingerprint density at radius 2 is 1.70 bits per heavy atom. The minimum absolute atomic E-state index is 0.185. The molecule has 30 heavy (non-hydrogen) atoms. The number of halogens is 3. The molecule has 1 heterocycles. The van der Waals surface area contributed by atoms with Gasteiger partial charge in [0, 0.05) is 6.42 Å². The van der Waals surface area contributed by atoms with Crippen LogP contribution in [-0.2, 0) is 6.18 Å². The molecule has 0 bridgehead atoms. The van der Waals surface area contributed by atoms with E-state index in [9.17, 15) is 13.2 Å². The standard InChI is InChI=1S/C24H20F3NOS/c1-15-7-12-19(13-16(15)2)28-20(17-8-10-18(11-9-17)24(25,26)27)14-23-29-21-5-3-4-6-22(21)30-23/h3-13,23H,14H2,1-2H3. The van der Waals surface area contributed by atoms with Crippen molar-refractivity contribution in [3.63, 3.8) is 0 Å². The van der Waals surface area contributed by atoms with E-state index in [0.29, 0.717) is 17.7 Å². The number of benzene rings is 3. The van der Waals surface area contributed by atoms with Crippen LogP contribution in [0.1, 0.15) is 28.7 Å². The van der Waals surface area contributed by atoms with Crippen molar-refractivity contribution < 1.29 is 17.9 Å². The highest BCUT2D eigenvalue weighted by molar-refractivity contribution is 8.00. The molecule has 0 spiro atoms. The molecule has 0 radical (unpaired) electrons. The number of hydrogen-bond acceptors (Lipinski definition) is 3. The molecule has 0 N–H and O–H groups in total. The molecule has 1 unspecified atom stereocenters. The molecular formula is C24H20F3NOS. The second-order valence-electron chi connectivity index (χ2n) is 7.22. The number of aliphatic imine (C=N–C) groups is 1. The Morgan fingerprint density at radius 1 is 0.967 bits per heavy atom. The highest BCUT2D eigenvalue weighted by Crippen LogP contribution is 2.42. The summed E-state index contributed by atoms with van der Waals surface area (Å²) in [6, 6.07) is 18.9. The van der Waals surface area contributed by atoms with Gasteiger partial charge in [-0.15, -0.1) is 0 Å². The van der Waals surface area contributed by atoms with Crippen molar-refractivity contribution >= 4 is 23.2 Å². The van der Waals surface area contributed by atoms with Gasteiger partial charge in [-0.1, -0.05) is 42.1 Å². The summed E-state index contributed by atoms with van der Waals surface area (Å²) in [7, 11) is 0. The maximum absolute atomic E-state index is 13.0. The first-order chi connectivity index (χ1) is 14.3. The van der Waals surface area contributed by atoms with Gasteiger partial charge in [-0.2, -0.15) is 13.2 Å². The van der Waals surface area contributed by atoms with Gasteiger partial charge in [0.2, 0.25) is 0 Å². The van der Waals surface area contributed by atoms with Crippen LogP contribution in [0.15, 0.2) is 76.6 Å². The molecule has 1 aliphatic heterocycles. The summed E-state index contributed by atoms with van der Waals surface area (Å²) >= 11 is 1.60. The zero-order chi connectivity index (χ0) is 21.3. The van der Waals surface area contributed by atoms with Crippen molar-refractivity contribution in [2.75, 3.05) is 0 Å². The van der Waals surface area contributed by atoms with Crippen molar-refractivity contribution in [3.8, 4) is 5.75 Å². The monoisotopic (exact) mass is 427 g/mol. The highest BCUT2D eigenvalue weighted by Gasteiger charge is 2.30. The Balaban J connectivity index is 1.66. The number of alkyl halides is 3. The third-order valence-corrected chi connectivity index (χ3v) is 6.14. The van der Waals surface area contributed by atoms with Crippen LogP contribution in [0.2, 0.25) is 0 Å². The zero-order valence-corrected chi connectivity index (χ0v) is 17.3. The fourth-order valence-electron chi connectivity index (χ4n) is 3.22. The van der Waals surface area contributed by atoms with Crippen LogP contribution in [0.3, 0.4) is 0 Å². The molecule has 0 aromatic heterocycles. The molecule has 2 nitrogen and oxygen atoms in total. The first-order valence-electron chi connectivity index (χ1n) is 9.54. The lowest BCUT2D eigenvalue weighted by Crippen LogP contribution is -2.15. The predicted molar refractivity (Wildman–Crippen MR) is 115 cm³/mol. The van der Waals surface area contributed by atoms with E-state index in [-0.39, 0.29) is 5.44 Å². The van der Waals surface area contributed by atoms with Gasteiger partial charge >= 0.3 is 6.18 Å². The zero-order valence-electron chi connectivity index (χ0n) is 16.5. The molecule has 0 aliphatic carbocycles. The van der Waals surface area contributed by atoms with E-state index in [1.54, 1.807) is 11.8 Å². The summed E-state index contributed by atoms with van der Waals surface area (Å²) in [6.45, 7) is 4.04. The minimum atomic E-state index is -4.37. The fraction of sp³-hybridized carbons (Fsp3) is 0.208. The quantitative estimate of drug-likeness (QED) is 0.406. The van der Waals surface area contributed by atoms with Gasteiger partial charge in [-0.25, -0.2) is 0 Å². The summed E-state index contributed by atoms with van der Waals surface area (Å²) in [5, 5.41) is 0. The van der Waals surface area contributed by atoms with E-state index in [1.165, 1.54) is 12.1 Å².